The van der Waals surface area contributed by atoms with Gasteiger partial charge in [0.25, 0.3) is 0 Å². The van der Waals surface area contributed by atoms with Crippen molar-refractivity contribution in [1.29, 1.82) is 0 Å². The normalized spacial score (nSPS) is 12.3. The number of benzene rings is 2. The Balaban J connectivity index is 2.06. The molecule has 0 unspecified atom stereocenters. The van der Waals surface area contributed by atoms with Crippen LogP contribution in [-0.2, 0) is 22.6 Å². The molecule has 0 saturated heterocycles. The smallest absolute Gasteiger partial charge is 0.299 e. The van der Waals surface area contributed by atoms with Crippen LogP contribution in [0.2, 0.25) is 0 Å². The van der Waals surface area contributed by atoms with Gasteiger partial charge in [0.2, 0.25) is 10.0 Å². The van der Waals surface area contributed by atoms with Crippen LogP contribution < -0.4 is 5.14 Å². The van der Waals surface area contributed by atoms with Gasteiger partial charge in [-0.25, -0.2) is 18.5 Å². The molecule has 0 radical (unpaired) electrons. The molecule has 3 rings (SSSR count). The number of nitrogens with zero attached hydrogens (tertiary/aromatic N) is 2. The number of aromatic nitrogens is 2. The molecule has 2 N–H and O–H groups in total. The molecule has 0 aliphatic heterocycles. The monoisotopic (exact) mass is 423 g/mol. The highest BCUT2D eigenvalue weighted by molar-refractivity contribution is 7.89. The lowest BCUT2D eigenvalue weighted by Gasteiger charge is -2.09. The Bertz CT molecular complexity index is 1090. The second-order valence-corrected chi connectivity index (χ2v) is 8.22. The van der Waals surface area contributed by atoms with Crippen molar-refractivity contribution in [3.8, 4) is 17.1 Å². The molecule has 0 fully saturated rings. The first-order valence-electron chi connectivity index (χ1n) is 8.98. The minimum Gasteiger partial charge on any atom is -0.299 e. The van der Waals surface area contributed by atoms with Gasteiger partial charge in [-0.1, -0.05) is 37.6 Å². The molecule has 3 aromatic rings. The van der Waals surface area contributed by atoms with Gasteiger partial charge < -0.3 is 0 Å². The van der Waals surface area contributed by atoms with Gasteiger partial charge in [-0.2, -0.15) is 13.2 Å². The first-order valence-corrected chi connectivity index (χ1v) is 10.5. The van der Waals surface area contributed by atoms with E-state index in [2.05, 4.69) is 11.9 Å². The molecule has 2 aromatic carbocycles. The van der Waals surface area contributed by atoms with Crippen molar-refractivity contribution >= 4 is 10.0 Å². The number of rotatable bonds is 6. The number of alkyl halides is 3. The maximum atomic E-state index is 13.3. The number of primary sulfonamides is 1. The van der Waals surface area contributed by atoms with Crippen molar-refractivity contribution in [2.45, 2.75) is 37.3 Å². The van der Waals surface area contributed by atoms with E-state index in [0.717, 1.165) is 31.0 Å². The summed E-state index contributed by atoms with van der Waals surface area (Å²) in [5.41, 5.74) is 0.932. The summed E-state index contributed by atoms with van der Waals surface area (Å²) in [4.78, 5) is 3.66. The van der Waals surface area contributed by atoms with Crippen LogP contribution in [0.25, 0.3) is 17.1 Å². The molecular formula is C20H20F3N3O2S. The lowest BCUT2D eigenvalue weighted by Crippen LogP contribution is -2.12. The number of hydrogen-bond donors (Lipinski definition) is 1. The molecule has 0 amide bonds. The molecule has 0 bridgehead atoms. The SMILES string of the molecule is CCCCc1ccc(-c2nc(C(F)(F)F)cn2-c2ccc(S(N)(=O)=O)cc2)cc1. The van der Waals surface area contributed by atoms with E-state index in [-0.39, 0.29) is 10.7 Å². The van der Waals surface area contributed by atoms with E-state index in [1.54, 1.807) is 12.1 Å². The molecule has 0 aliphatic carbocycles. The van der Waals surface area contributed by atoms with E-state index in [1.807, 2.05) is 12.1 Å². The van der Waals surface area contributed by atoms with E-state index in [0.29, 0.717) is 11.3 Å². The zero-order valence-corrected chi connectivity index (χ0v) is 16.5. The van der Waals surface area contributed by atoms with Crippen molar-refractivity contribution in [2.24, 2.45) is 5.14 Å². The van der Waals surface area contributed by atoms with Gasteiger partial charge >= 0.3 is 6.18 Å². The summed E-state index contributed by atoms with van der Waals surface area (Å²) in [6.45, 7) is 2.09. The van der Waals surface area contributed by atoms with Gasteiger partial charge in [0.05, 0.1) is 4.90 Å². The van der Waals surface area contributed by atoms with Gasteiger partial charge in [0.1, 0.15) is 5.82 Å². The highest BCUT2D eigenvalue weighted by Gasteiger charge is 2.35. The van der Waals surface area contributed by atoms with Crippen LogP contribution >= 0.6 is 0 Å². The highest BCUT2D eigenvalue weighted by Crippen LogP contribution is 2.33. The van der Waals surface area contributed by atoms with Gasteiger partial charge in [0, 0.05) is 17.4 Å². The first kappa shape index (κ1) is 21.1. The Morgan fingerprint density at radius 3 is 2.17 bits per heavy atom. The summed E-state index contributed by atoms with van der Waals surface area (Å²) in [7, 11) is -3.90. The number of hydrogen-bond acceptors (Lipinski definition) is 3. The van der Waals surface area contributed by atoms with Gasteiger partial charge in [-0.3, -0.25) is 4.57 Å². The molecule has 154 valence electrons. The van der Waals surface area contributed by atoms with Crippen LogP contribution in [-0.4, -0.2) is 18.0 Å². The lowest BCUT2D eigenvalue weighted by molar-refractivity contribution is -0.140. The molecule has 0 saturated carbocycles. The molecule has 0 atom stereocenters. The van der Waals surface area contributed by atoms with Crippen molar-refractivity contribution in [3.05, 3.63) is 66.0 Å². The van der Waals surface area contributed by atoms with E-state index >= 15 is 0 Å². The largest absolute Gasteiger partial charge is 0.434 e. The fourth-order valence-electron chi connectivity index (χ4n) is 2.92. The third-order valence-electron chi connectivity index (χ3n) is 4.47. The van der Waals surface area contributed by atoms with Crippen molar-refractivity contribution in [1.82, 2.24) is 9.55 Å². The van der Waals surface area contributed by atoms with E-state index < -0.39 is 21.9 Å². The number of unbranched alkanes of at least 4 members (excludes halogenated alkanes) is 1. The zero-order chi connectivity index (χ0) is 21.2. The topological polar surface area (TPSA) is 78.0 Å². The Labute approximate surface area is 167 Å². The lowest BCUT2D eigenvalue weighted by atomic mass is 10.1. The van der Waals surface area contributed by atoms with E-state index in [4.69, 9.17) is 5.14 Å². The Morgan fingerprint density at radius 2 is 1.66 bits per heavy atom. The Hall–Kier alpha value is -2.65. The number of imidazole rings is 1. The second kappa shape index (κ2) is 8.00. The third kappa shape index (κ3) is 4.86. The Morgan fingerprint density at radius 1 is 1.03 bits per heavy atom. The van der Waals surface area contributed by atoms with Crippen molar-refractivity contribution in [3.63, 3.8) is 0 Å². The predicted octanol–water partition coefficient (Wildman–Crippen LogP) is 4.55. The highest BCUT2D eigenvalue weighted by atomic mass is 32.2. The fourth-order valence-corrected chi connectivity index (χ4v) is 3.43. The molecule has 9 heteroatoms. The van der Waals surface area contributed by atoms with Crippen LogP contribution in [0.1, 0.15) is 31.0 Å². The van der Waals surface area contributed by atoms with Crippen LogP contribution in [0.3, 0.4) is 0 Å². The second-order valence-electron chi connectivity index (χ2n) is 6.66. The molecule has 5 nitrogen and oxygen atoms in total. The maximum Gasteiger partial charge on any atom is 0.434 e. The van der Waals surface area contributed by atoms with Gasteiger partial charge in [0.15, 0.2) is 5.69 Å². The molecular weight excluding hydrogens is 403 g/mol. The van der Waals surface area contributed by atoms with Gasteiger partial charge in [-0.05, 0) is 42.7 Å². The summed E-state index contributed by atoms with van der Waals surface area (Å²) in [5, 5.41) is 5.08. The quantitative estimate of drug-likeness (QED) is 0.632. The minimum atomic E-state index is -4.61. The molecule has 29 heavy (non-hydrogen) atoms. The van der Waals surface area contributed by atoms with Crippen LogP contribution in [0.4, 0.5) is 13.2 Å². The number of halogens is 3. The van der Waals surface area contributed by atoms with Crippen molar-refractivity contribution < 1.29 is 21.6 Å². The molecule has 0 aliphatic rings. The summed E-state index contributed by atoms with van der Waals surface area (Å²) >= 11 is 0. The van der Waals surface area contributed by atoms with Gasteiger partial charge in [-0.15, -0.1) is 0 Å². The van der Waals surface area contributed by atoms with Crippen molar-refractivity contribution in [2.75, 3.05) is 0 Å². The molecule has 0 spiro atoms. The summed E-state index contributed by atoms with van der Waals surface area (Å²) in [6.07, 6.45) is -0.736. The van der Waals surface area contributed by atoms with E-state index in [1.165, 1.54) is 28.8 Å². The predicted molar refractivity (Wildman–Crippen MR) is 104 cm³/mol. The fraction of sp³-hybridized carbons (Fsp3) is 0.250. The number of sulfonamides is 1. The Kier molecular flexibility index (Phi) is 5.81. The third-order valence-corrected chi connectivity index (χ3v) is 5.40. The van der Waals surface area contributed by atoms with Crippen LogP contribution in [0, 0.1) is 0 Å². The van der Waals surface area contributed by atoms with Crippen LogP contribution in [0.5, 0.6) is 0 Å². The summed E-state index contributed by atoms with van der Waals surface area (Å²) in [5.74, 6) is 0.114. The number of aryl methyl sites for hydroxylation is 1. The standard InChI is InChI=1S/C20H20F3N3O2S/c1-2-3-4-14-5-7-15(8-6-14)19-25-18(20(21,22)23)13-26(19)16-9-11-17(12-10-16)29(24,27)28/h5-13H,2-4H2,1H3,(H2,24,27,28). The maximum absolute atomic E-state index is 13.3. The molecule has 1 heterocycles. The summed E-state index contributed by atoms with van der Waals surface area (Å²) < 4.78 is 63.9. The minimum absolute atomic E-state index is 0.114. The number of nitrogens with two attached hydrogens (primary N) is 1. The van der Waals surface area contributed by atoms with Crippen LogP contribution in [0.15, 0.2) is 59.6 Å². The molecule has 1 aromatic heterocycles. The first-order chi connectivity index (χ1) is 13.6. The summed E-state index contributed by atoms with van der Waals surface area (Å²) in [6, 6.07) is 12.5. The zero-order valence-electron chi connectivity index (χ0n) is 15.6. The van der Waals surface area contributed by atoms with E-state index in [9.17, 15) is 21.6 Å². The average molecular weight is 423 g/mol. The average Bonchev–Trinajstić information content (AvgIpc) is 3.12.